The minimum Gasteiger partial charge on any atom is -0.310 e. The van der Waals surface area contributed by atoms with Crippen molar-refractivity contribution in [2.45, 2.75) is 40.0 Å². The zero-order chi connectivity index (χ0) is 46.5. The van der Waals surface area contributed by atoms with Gasteiger partial charge in [-0.1, -0.05) is 157 Å². The number of fused-ring (bicyclic) bond motifs is 5. The van der Waals surface area contributed by atoms with E-state index in [2.05, 4.69) is 256 Å². The molecule has 326 valence electrons. The van der Waals surface area contributed by atoms with E-state index in [9.17, 15) is 5.26 Å². The Labute approximate surface area is 400 Å². The Morgan fingerprint density at radius 2 is 0.897 bits per heavy atom. The molecule has 1 aliphatic carbocycles. The lowest BCUT2D eigenvalue weighted by Crippen LogP contribution is -2.29. The SMILES string of the molecule is Cc1cccc(C2(c3cccc(C)c3)c3cc(N(c4ccccc4)c4ccc(C#N)c(C)c4)ccc3-c3c2cc(N(c2ccccc2)c2ccc(-c4ccccc4C)c(C)c2)c2ccccc32)c1. The lowest BCUT2D eigenvalue weighted by atomic mass is 9.67. The van der Waals surface area contributed by atoms with E-state index in [1.54, 1.807) is 0 Å². The Bertz CT molecular complexity index is 3550. The summed E-state index contributed by atoms with van der Waals surface area (Å²) >= 11 is 0. The number of hydrogen-bond donors (Lipinski definition) is 0. The summed E-state index contributed by atoms with van der Waals surface area (Å²) in [4.78, 5) is 4.80. The van der Waals surface area contributed by atoms with Crippen molar-refractivity contribution in [3.05, 3.63) is 274 Å². The minimum absolute atomic E-state index is 0.675. The molecule has 0 amide bonds. The van der Waals surface area contributed by atoms with E-state index < -0.39 is 5.41 Å². The van der Waals surface area contributed by atoms with Crippen LogP contribution in [0.15, 0.2) is 218 Å². The maximum absolute atomic E-state index is 9.95. The van der Waals surface area contributed by atoms with Gasteiger partial charge in [0.05, 0.1) is 22.7 Å². The van der Waals surface area contributed by atoms with Gasteiger partial charge in [-0.3, -0.25) is 0 Å². The van der Waals surface area contributed by atoms with Gasteiger partial charge in [-0.25, -0.2) is 0 Å². The number of para-hydroxylation sites is 2. The molecule has 0 radical (unpaired) electrons. The molecular formula is C65H51N3. The van der Waals surface area contributed by atoms with Crippen molar-refractivity contribution in [3.63, 3.8) is 0 Å². The van der Waals surface area contributed by atoms with E-state index >= 15 is 0 Å². The smallest absolute Gasteiger partial charge is 0.0994 e. The number of nitrogens with zero attached hydrogens (tertiary/aromatic N) is 3. The molecule has 0 heterocycles. The Morgan fingerprint density at radius 3 is 1.51 bits per heavy atom. The van der Waals surface area contributed by atoms with Crippen LogP contribution >= 0.6 is 0 Å². The average molecular weight is 874 g/mol. The van der Waals surface area contributed by atoms with E-state index in [-0.39, 0.29) is 0 Å². The molecule has 0 fully saturated rings. The zero-order valence-electron chi connectivity index (χ0n) is 39.1. The first-order chi connectivity index (χ1) is 33.2. The van der Waals surface area contributed by atoms with Crippen LogP contribution in [0.4, 0.5) is 34.1 Å². The molecular weight excluding hydrogens is 823 g/mol. The van der Waals surface area contributed by atoms with Crippen LogP contribution in [0, 0.1) is 45.9 Å². The summed E-state index contributed by atoms with van der Waals surface area (Å²) in [5.41, 5.74) is 22.0. The molecule has 0 saturated carbocycles. The largest absolute Gasteiger partial charge is 0.310 e. The summed E-state index contributed by atoms with van der Waals surface area (Å²) in [5, 5.41) is 12.3. The molecule has 11 rings (SSSR count). The number of benzene rings is 10. The molecule has 10 aromatic carbocycles. The second-order valence-corrected chi connectivity index (χ2v) is 18.3. The van der Waals surface area contributed by atoms with Crippen LogP contribution in [-0.4, -0.2) is 0 Å². The third-order valence-corrected chi connectivity index (χ3v) is 14.0. The monoisotopic (exact) mass is 873 g/mol. The summed E-state index contributed by atoms with van der Waals surface area (Å²) in [5.74, 6) is 0. The molecule has 1 aliphatic rings. The molecule has 0 spiro atoms. The fourth-order valence-corrected chi connectivity index (χ4v) is 10.9. The van der Waals surface area contributed by atoms with E-state index in [0.717, 1.165) is 39.7 Å². The Hall–Kier alpha value is -8.45. The summed E-state index contributed by atoms with van der Waals surface area (Å²) in [6, 6.07) is 82.4. The normalized spacial score (nSPS) is 12.3. The highest BCUT2D eigenvalue weighted by Crippen LogP contribution is 2.61. The van der Waals surface area contributed by atoms with Gasteiger partial charge in [0.15, 0.2) is 0 Å². The van der Waals surface area contributed by atoms with Gasteiger partial charge in [0.25, 0.3) is 0 Å². The standard InChI is InChI=1S/C65H51N3/c1-43-18-16-21-49(36-43)65(50-22-17-19-44(2)37-50)61-40-55(67(51-23-8-6-9-24-51)53-31-30-48(42-66)46(4)38-53)33-35-60(61)64-59-29-15-14-28-58(59)63(41-62(64)65)68(52-25-10-7-11-26-52)54-32-34-57(47(5)39-54)56-27-13-12-20-45(56)3/h6-41H,1-5H3. The van der Waals surface area contributed by atoms with Gasteiger partial charge in [0, 0.05) is 33.8 Å². The van der Waals surface area contributed by atoms with Crippen molar-refractivity contribution in [2.75, 3.05) is 9.80 Å². The highest BCUT2D eigenvalue weighted by molar-refractivity contribution is 6.11. The van der Waals surface area contributed by atoms with Crippen LogP contribution < -0.4 is 9.80 Å². The van der Waals surface area contributed by atoms with Gasteiger partial charge in [0.1, 0.15) is 0 Å². The number of hydrogen-bond acceptors (Lipinski definition) is 3. The van der Waals surface area contributed by atoms with Crippen molar-refractivity contribution < 1.29 is 0 Å². The van der Waals surface area contributed by atoms with Crippen molar-refractivity contribution in [2.24, 2.45) is 0 Å². The first-order valence-electron chi connectivity index (χ1n) is 23.5. The first-order valence-corrected chi connectivity index (χ1v) is 23.5. The summed E-state index contributed by atoms with van der Waals surface area (Å²) in [7, 11) is 0. The van der Waals surface area contributed by atoms with Crippen LogP contribution in [0.25, 0.3) is 33.0 Å². The number of anilines is 6. The van der Waals surface area contributed by atoms with Gasteiger partial charge < -0.3 is 9.80 Å². The van der Waals surface area contributed by atoms with Crippen LogP contribution in [0.5, 0.6) is 0 Å². The van der Waals surface area contributed by atoms with Gasteiger partial charge in [-0.05, 0) is 174 Å². The van der Waals surface area contributed by atoms with Crippen molar-refractivity contribution in [3.8, 4) is 28.3 Å². The average Bonchev–Trinajstić information content (AvgIpc) is 3.66. The third-order valence-electron chi connectivity index (χ3n) is 14.0. The van der Waals surface area contributed by atoms with Gasteiger partial charge in [0.2, 0.25) is 0 Å². The molecule has 0 saturated heterocycles. The summed E-state index contributed by atoms with van der Waals surface area (Å²) in [6.07, 6.45) is 0. The lowest BCUT2D eigenvalue weighted by Gasteiger charge is -2.36. The summed E-state index contributed by atoms with van der Waals surface area (Å²) in [6.45, 7) is 10.9. The second kappa shape index (κ2) is 17.1. The Kier molecular flexibility index (Phi) is 10.6. The molecule has 68 heavy (non-hydrogen) atoms. The molecule has 0 unspecified atom stereocenters. The maximum Gasteiger partial charge on any atom is 0.0994 e. The topological polar surface area (TPSA) is 30.3 Å². The van der Waals surface area contributed by atoms with E-state index in [1.165, 1.54) is 77.5 Å². The fraction of sp³-hybridized carbons (Fsp3) is 0.0923. The predicted octanol–water partition coefficient (Wildman–Crippen LogP) is 17.2. The lowest BCUT2D eigenvalue weighted by molar-refractivity contribution is 0.766. The molecule has 3 nitrogen and oxygen atoms in total. The van der Waals surface area contributed by atoms with E-state index in [4.69, 9.17) is 0 Å². The van der Waals surface area contributed by atoms with Crippen LogP contribution in [0.1, 0.15) is 55.6 Å². The van der Waals surface area contributed by atoms with E-state index in [0.29, 0.717) is 5.56 Å². The number of rotatable bonds is 9. The fourth-order valence-electron chi connectivity index (χ4n) is 10.9. The van der Waals surface area contributed by atoms with Gasteiger partial charge >= 0.3 is 0 Å². The third kappa shape index (κ3) is 6.97. The van der Waals surface area contributed by atoms with Crippen LogP contribution in [-0.2, 0) is 5.41 Å². The molecule has 10 aromatic rings. The highest BCUT2D eigenvalue weighted by Gasteiger charge is 2.48. The summed E-state index contributed by atoms with van der Waals surface area (Å²) < 4.78 is 0. The van der Waals surface area contributed by atoms with Gasteiger partial charge in [-0.2, -0.15) is 5.26 Å². The van der Waals surface area contributed by atoms with Crippen molar-refractivity contribution >= 4 is 44.9 Å². The minimum atomic E-state index is -0.729. The second-order valence-electron chi connectivity index (χ2n) is 18.3. The predicted molar refractivity (Wildman–Crippen MR) is 284 cm³/mol. The number of nitriles is 1. The quantitative estimate of drug-likeness (QED) is 0.145. The van der Waals surface area contributed by atoms with Gasteiger partial charge in [-0.15, -0.1) is 0 Å². The Balaban J connectivity index is 1.24. The van der Waals surface area contributed by atoms with Crippen molar-refractivity contribution in [1.29, 1.82) is 5.26 Å². The molecule has 0 atom stereocenters. The molecule has 0 N–H and O–H groups in total. The maximum atomic E-state index is 9.95. The molecule has 0 aromatic heterocycles. The molecule has 0 bridgehead atoms. The first kappa shape index (κ1) is 42.2. The zero-order valence-corrected chi connectivity index (χ0v) is 39.1. The number of aryl methyl sites for hydroxylation is 5. The Morgan fingerprint density at radius 1 is 0.368 bits per heavy atom. The highest BCUT2D eigenvalue weighted by atomic mass is 15.1. The van der Waals surface area contributed by atoms with Crippen LogP contribution in [0.3, 0.4) is 0 Å². The van der Waals surface area contributed by atoms with E-state index in [1.807, 2.05) is 13.0 Å². The molecule has 3 heteroatoms. The van der Waals surface area contributed by atoms with Crippen molar-refractivity contribution in [1.82, 2.24) is 0 Å². The molecule has 0 aliphatic heterocycles. The van der Waals surface area contributed by atoms with Crippen LogP contribution in [0.2, 0.25) is 0 Å².